The average molecular weight is 241 g/mol. The molecule has 0 bridgehead atoms. The van der Waals surface area contributed by atoms with Crippen molar-refractivity contribution in [3.05, 3.63) is 0 Å². The first kappa shape index (κ1) is 14.5. The van der Waals surface area contributed by atoms with E-state index < -0.39 is 0 Å². The Kier molecular flexibility index (Phi) is 5.92. The number of likely N-dealkylation sites (tertiary alicyclic amines) is 1. The summed E-state index contributed by atoms with van der Waals surface area (Å²) in [7, 11) is 0. The molecule has 0 saturated carbocycles. The summed E-state index contributed by atoms with van der Waals surface area (Å²) < 4.78 is 0. The molecule has 100 valence electrons. The zero-order valence-corrected chi connectivity index (χ0v) is 11.4. The minimum absolute atomic E-state index is 0.133. The van der Waals surface area contributed by atoms with Gasteiger partial charge in [-0.3, -0.25) is 9.69 Å². The van der Waals surface area contributed by atoms with Crippen LogP contribution in [0.15, 0.2) is 0 Å². The Morgan fingerprint density at radius 2 is 2.00 bits per heavy atom. The third-order valence-electron chi connectivity index (χ3n) is 3.18. The Hall–Kier alpha value is -0.610. The fraction of sp³-hybridized carbons (Fsp3) is 0.923. The number of nitrogens with zero attached hydrogens (tertiary/aromatic N) is 1. The van der Waals surface area contributed by atoms with E-state index in [2.05, 4.69) is 31.0 Å². The average Bonchev–Trinajstić information content (AvgIpc) is 2.14. The topological polar surface area (TPSA) is 58.4 Å². The molecule has 0 spiro atoms. The summed E-state index contributed by atoms with van der Waals surface area (Å²) in [6.45, 7) is 8.76. The maximum Gasteiger partial charge on any atom is 0.234 e. The Labute approximate surface area is 105 Å². The Morgan fingerprint density at radius 1 is 1.35 bits per heavy atom. The molecular weight excluding hydrogens is 214 g/mol. The zero-order valence-electron chi connectivity index (χ0n) is 11.4. The normalized spacial score (nSPS) is 19.1. The van der Waals surface area contributed by atoms with E-state index in [9.17, 15) is 4.79 Å². The lowest BCUT2D eigenvalue weighted by molar-refractivity contribution is -0.123. The van der Waals surface area contributed by atoms with E-state index in [4.69, 9.17) is 5.73 Å². The van der Waals surface area contributed by atoms with Crippen LogP contribution in [0.25, 0.3) is 0 Å². The predicted molar refractivity (Wildman–Crippen MR) is 70.7 cm³/mol. The molecule has 3 N–H and O–H groups in total. The molecule has 0 aromatic rings. The smallest absolute Gasteiger partial charge is 0.234 e. The van der Waals surface area contributed by atoms with E-state index in [1.807, 2.05) is 0 Å². The first-order valence-electron chi connectivity index (χ1n) is 6.74. The Morgan fingerprint density at radius 3 is 2.53 bits per heavy atom. The lowest BCUT2D eigenvalue weighted by atomic mass is 10.0. The van der Waals surface area contributed by atoms with Gasteiger partial charge in [0.25, 0.3) is 0 Å². The summed E-state index contributed by atoms with van der Waals surface area (Å²) in [6.07, 6.45) is 3.50. The standard InChI is InChI=1S/C13H27N3O/c1-10(2)5-4-6-11(3)15-13(17)9-16-7-12(14)8-16/h10-12H,4-9,14H2,1-3H3,(H,15,17). The number of hydrogen-bond donors (Lipinski definition) is 2. The molecule has 0 aromatic heterocycles. The van der Waals surface area contributed by atoms with Crippen molar-refractivity contribution in [1.82, 2.24) is 10.2 Å². The summed E-state index contributed by atoms with van der Waals surface area (Å²) in [5, 5.41) is 3.05. The van der Waals surface area contributed by atoms with Crippen molar-refractivity contribution >= 4 is 5.91 Å². The van der Waals surface area contributed by atoms with E-state index in [-0.39, 0.29) is 18.0 Å². The summed E-state index contributed by atoms with van der Waals surface area (Å²) >= 11 is 0. The molecule has 1 amide bonds. The number of nitrogens with two attached hydrogens (primary N) is 1. The number of hydrogen-bond acceptors (Lipinski definition) is 3. The quantitative estimate of drug-likeness (QED) is 0.698. The maximum absolute atomic E-state index is 11.7. The van der Waals surface area contributed by atoms with Gasteiger partial charge in [0.15, 0.2) is 0 Å². The summed E-state index contributed by atoms with van der Waals surface area (Å²) in [5.74, 6) is 0.884. The number of rotatable bonds is 7. The van der Waals surface area contributed by atoms with Crippen LogP contribution >= 0.6 is 0 Å². The molecule has 0 radical (unpaired) electrons. The van der Waals surface area contributed by atoms with Crippen LogP contribution in [0, 0.1) is 5.92 Å². The second-order valence-electron chi connectivity index (χ2n) is 5.75. The van der Waals surface area contributed by atoms with E-state index in [0.29, 0.717) is 6.54 Å². The van der Waals surface area contributed by atoms with Gasteiger partial charge in [-0.25, -0.2) is 0 Å². The van der Waals surface area contributed by atoms with Gasteiger partial charge in [0, 0.05) is 25.2 Å². The highest BCUT2D eigenvalue weighted by molar-refractivity contribution is 5.78. The minimum Gasteiger partial charge on any atom is -0.353 e. The van der Waals surface area contributed by atoms with Gasteiger partial charge >= 0.3 is 0 Å². The molecule has 1 heterocycles. The van der Waals surface area contributed by atoms with Crippen LogP contribution in [0.4, 0.5) is 0 Å². The SMILES string of the molecule is CC(C)CCCC(C)NC(=O)CN1CC(N)C1. The number of amides is 1. The lowest BCUT2D eigenvalue weighted by Crippen LogP contribution is -2.58. The largest absolute Gasteiger partial charge is 0.353 e. The molecule has 1 unspecified atom stereocenters. The van der Waals surface area contributed by atoms with Crippen molar-refractivity contribution in [2.75, 3.05) is 19.6 Å². The van der Waals surface area contributed by atoms with E-state index in [1.54, 1.807) is 0 Å². The second-order valence-corrected chi connectivity index (χ2v) is 5.75. The Balaban J connectivity index is 2.04. The van der Waals surface area contributed by atoms with Crippen molar-refractivity contribution in [2.45, 2.75) is 52.1 Å². The van der Waals surface area contributed by atoms with Gasteiger partial charge in [-0.1, -0.05) is 26.7 Å². The minimum atomic E-state index is 0.133. The van der Waals surface area contributed by atoms with Crippen molar-refractivity contribution in [2.24, 2.45) is 11.7 Å². The van der Waals surface area contributed by atoms with Crippen molar-refractivity contribution in [1.29, 1.82) is 0 Å². The van der Waals surface area contributed by atoms with E-state index >= 15 is 0 Å². The molecule has 4 nitrogen and oxygen atoms in total. The molecule has 1 fully saturated rings. The Bertz CT molecular complexity index is 237. The number of carbonyl (C=O) groups is 1. The molecule has 4 heteroatoms. The van der Waals surface area contributed by atoms with E-state index in [0.717, 1.165) is 25.4 Å². The molecule has 1 saturated heterocycles. The molecular formula is C13H27N3O. The van der Waals surface area contributed by atoms with Crippen molar-refractivity contribution in [3.8, 4) is 0 Å². The highest BCUT2D eigenvalue weighted by atomic mass is 16.2. The molecule has 1 rings (SSSR count). The third kappa shape index (κ3) is 6.03. The van der Waals surface area contributed by atoms with Gasteiger partial charge in [-0.15, -0.1) is 0 Å². The van der Waals surface area contributed by atoms with Gasteiger partial charge in [0.05, 0.1) is 6.54 Å². The van der Waals surface area contributed by atoms with Crippen LogP contribution < -0.4 is 11.1 Å². The van der Waals surface area contributed by atoms with Gasteiger partial charge in [0.2, 0.25) is 5.91 Å². The molecule has 17 heavy (non-hydrogen) atoms. The zero-order chi connectivity index (χ0) is 12.8. The predicted octanol–water partition coefficient (Wildman–Crippen LogP) is 0.960. The monoisotopic (exact) mass is 241 g/mol. The molecule has 0 aromatic carbocycles. The van der Waals surface area contributed by atoms with Crippen LogP contribution in [0.1, 0.15) is 40.0 Å². The fourth-order valence-electron chi connectivity index (χ4n) is 2.17. The van der Waals surface area contributed by atoms with Crippen LogP contribution in [-0.2, 0) is 4.79 Å². The van der Waals surface area contributed by atoms with Crippen LogP contribution in [0.5, 0.6) is 0 Å². The van der Waals surface area contributed by atoms with Gasteiger partial charge in [0.1, 0.15) is 0 Å². The number of carbonyl (C=O) groups excluding carboxylic acids is 1. The van der Waals surface area contributed by atoms with Gasteiger partial charge in [-0.05, 0) is 19.3 Å². The highest BCUT2D eigenvalue weighted by Crippen LogP contribution is 2.08. The first-order valence-corrected chi connectivity index (χ1v) is 6.74. The molecule has 1 atom stereocenters. The maximum atomic E-state index is 11.7. The second kappa shape index (κ2) is 6.97. The third-order valence-corrected chi connectivity index (χ3v) is 3.18. The van der Waals surface area contributed by atoms with Crippen LogP contribution in [-0.4, -0.2) is 42.5 Å². The van der Waals surface area contributed by atoms with Crippen LogP contribution in [0.2, 0.25) is 0 Å². The molecule has 1 aliphatic rings. The van der Waals surface area contributed by atoms with E-state index in [1.165, 1.54) is 12.8 Å². The van der Waals surface area contributed by atoms with Crippen LogP contribution in [0.3, 0.4) is 0 Å². The van der Waals surface area contributed by atoms with Gasteiger partial charge < -0.3 is 11.1 Å². The first-order chi connectivity index (χ1) is 7.97. The summed E-state index contributed by atoms with van der Waals surface area (Å²) in [6, 6.07) is 0.558. The number of nitrogens with one attached hydrogen (secondary N) is 1. The lowest BCUT2D eigenvalue weighted by Gasteiger charge is -2.36. The van der Waals surface area contributed by atoms with Crippen molar-refractivity contribution in [3.63, 3.8) is 0 Å². The summed E-state index contributed by atoms with van der Waals surface area (Å²) in [4.78, 5) is 13.8. The fourth-order valence-corrected chi connectivity index (χ4v) is 2.17. The van der Waals surface area contributed by atoms with Gasteiger partial charge in [-0.2, -0.15) is 0 Å². The van der Waals surface area contributed by atoms with Crippen molar-refractivity contribution < 1.29 is 4.79 Å². The summed E-state index contributed by atoms with van der Waals surface area (Å²) in [5.41, 5.74) is 5.67. The molecule has 1 aliphatic heterocycles. The molecule has 0 aliphatic carbocycles. The highest BCUT2D eigenvalue weighted by Gasteiger charge is 2.24.